The summed E-state index contributed by atoms with van der Waals surface area (Å²) in [6.07, 6.45) is 3.37. The van der Waals surface area contributed by atoms with E-state index >= 15 is 0 Å². The Balaban J connectivity index is 1.91. The number of nitrogens with zero attached hydrogens (tertiary/aromatic N) is 3. The molecule has 1 aliphatic heterocycles. The zero-order valence-electron chi connectivity index (χ0n) is 13.1. The van der Waals surface area contributed by atoms with Crippen LogP contribution in [0.15, 0.2) is 22.7 Å². The van der Waals surface area contributed by atoms with Gasteiger partial charge in [-0.2, -0.15) is 4.31 Å². The number of fused-ring (bicyclic) bond motifs is 1. The Morgan fingerprint density at radius 2 is 2.14 bits per heavy atom. The monoisotopic (exact) mass is 339 g/mol. The van der Waals surface area contributed by atoms with Crippen molar-refractivity contribution < 1.29 is 8.42 Å². The molecule has 0 saturated heterocycles. The lowest BCUT2D eigenvalue weighted by atomic mass is 10.2. The number of hydrogen-bond donors (Lipinski definition) is 0. The summed E-state index contributed by atoms with van der Waals surface area (Å²) in [6.45, 7) is 7.13. The van der Waals surface area contributed by atoms with Gasteiger partial charge < -0.3 is 4.57 Å². The quantitative estimate of drug-likeness (QED) is 0.861. The first kappa shape index (κ1) is 15.7. The third kappa shape index (κ3) is 2.61. The number of hydrogen-bond acceptors (Lipinski definition) is 4. The van der Waals surface area contributed by atoms with Gasteiger partial charge in [-0.3, -0.25) is 0 Å². The molecule has 0 saturated carbocycles. The fourth-order valence-electron chi connectivity index (χ4n) is 2.75. The van der Waals surface area contributed by atoms with Crippen LogP contribution < -0.4 is 0 Å². The number of aromatic nitrogens is 2. The number of thiophene rings is 1. The molecule has 0 bridgehead atoms. The van der Waals surface area contributed by atoms with Crippen LogP contribution in [-0.4, -0.2) is 28.8 Å². The van der Waals surface area contributed by atoms with Crippen LogP contribution in [0.1, 0.15) is 43.1 Å². The molecule has 0 aliphatic carbocycles. The van der Waals surface area contributed by atoms with Crippen molar-refractivity contribution in [3.05, 3.63) is 34.7 Å². The van der Waals surface area contributed by atoms with Crippen LogP contribution in [0.4, 0.5) is 0 Å². The van der Waals surface area contributed by atoms with E-state index in [0.717, 1.165) is 22.7 Å². The summed E-state index contributed by atoms with van der Waals surface area (Å²) in [5.41, 5.74) is 2.05. The molecule has 0 N–H and O–H groups in total. The first-order valence-electron chi connectivity index (χ1n) is 7.57. The lowest BCUT2D eigenvalue weighted by Gasteiger charge is -2.27. The van der Waals surface area contributed by atoms with Gasteiger partial charge in [0.25, 0.3) is 10.0 Å². The second-order valence-electron chi connectivity index (χ2n) is 5.80. The molecule has 2 aromatic rings. The Kier molecular flexibility index (Phi) is 4.13. The zero-order chi connectivity index (χ0) is 15.9. The highest BCUT2D eigenvalue weighted by Gasteiger charge is 2.31. The molecule has 120 valence electrons. The van der Waals surface area contributed by atoms with Crippen molar-refractivity contribution in [2.24, 2.45) is 0 Å². The molecule has 3 heterocycles. The first-order chi connectivity index (χ1) is 10.4. The molecule has 0 amide bonds. The van der Waals surface area contributed by atoms with Gasteiger partial charge in [0.2, 0.25) is 0 Å². The topological polar surface area (TPSA) is 55.2 Å². The van der Waals surface area contributed by atoms with Gasteiger partial charge in [0.05, 0.1) is 24.3 Å². The van der Waals surface area contributed by atoms with E-state index < -0.39 is 10.0 Å². The predicted octanol–water partition coefficient (Wildman–Crippen LogP) is 2.83. The molecule has 2 aromatic heterocycles. The van der Waals surface area contributed by atoms with Crippen LogP contribution in [0, 0.1) is 0 Å². The van der Waals surface area contributed by atoms with Crippen LogP contribution in [-0.2, 0) is 29.4 Å². The smallest absolute Gasteiger partial charge is 0.252 e. The third-order valence-electron chi connectivity index (χ3n) is 4.04. The van der Waals surface area contributed by atoms with Gasteiger partial charge in [0.15, 0.2) is 0 Å². The second-order valence-corrected chi connectivity index (χ2v) is 9.13. The Hall–Kier alpha value is -1.18. The molecule has 7 heteroatoms. The van der Waals surface area contributed by atoms with Gasteiger partial charge in [-0.1, -0.05) is 6.92 Å². The van der Waals surface area contributed by atoms with Gasteiger partial charge >= 0.3 is 0 Å². The summed E-state index contributed by atoms with van der Waals surface area (Å²) in [7, 11) is -3.40. The summed E-state index contributed by atoms with van der Waals surface area (Å²) >= 11 is 1.38. The SMILES string of the molecule is CCc1ccc(S(=O)(=O)N2CCc3ncn(C(C)C)c3C2)s1. The summed E-state index contributed by atoms with van der Waals surface area (Å²) in [4.78, 5) is 5.53. The number of aryl methyl sites for hydroxylation is 1. The van der Waals surface area contributed by atoms with E-state index in [4.69, 9.17) is 0 Å². The standard InChI is InChI=1S/C15H21N3O2S2/c1-4-12-5-6-15(21-12)22(19,20)17-8-7-13-14(9-17)18(10-16-13)11(2)3/h5-6,10-11H,4,7-9H2,1-3H3. The van der Waals surface area contributed by atoms with Crippen molar-refractivity contribution in [1.29, 1.82) is 0 Å². The zero-order valence-corrected chi connectivity index (χ0v) is 14.7. The molecule has 0 spiro atoms. The van der Waals surface area contributed by atoms with Crippen molar-refractivity contribution >= 4 is 21.4 Å². The molecule has 0 aromatic carbocycles. The summed E-state index contributed by atoms with van der Waals surface area (Å²) in [5.74, 6) is 0. The highest BCUT2D eigenvalue weighted by molar-refractivity contribution is 7.91. The van der Waals surface area contributed by atoms with Crippen LogP contribution in [0.5, 0.6) is 0 Å². The molecule has 3 rings (SSSR count). The van der Waals surface area contributed by atoms with Gasteiger partial charge in [-0.05, 0) is 32.4 Å². The van der Waals surface area contributed by atoms with E-state index in [2.05, 4.69) is 23.4 Å². The molecule has 5 nitrogen and oxygen atoms in total. The number of sulfonamides is 1. The highest BCUT2D eigenvalue weighted by Crippen LogP contribution is 2.29. The Labute approximate surface area is 135 Å². The van der Waals surface area contributed by atoms with Crippen LogP contribution >= 0.6 is 11.3 Å². The molecule has 22 heavy (non-hydrogen) atoms. The predicted molar refractivity (Wildman–Crippen MR) is 87.6 cm³/mol. The highest BCUT2D eigenvalue weighted by atomic mass is 32.2. The minimum atomic E-state index is -3.40. The van der Waals surface area contributed by atoms with Gasteiger partial charge in [-0.25, -0.2) is 13.4 Å². The van der Waals surface area contributed by atoms with E-state index in [1.54, 1.807) is 10.4 Å². The van der Waals surface area contributed by atoms with Crippen LogP contribution in [0.3, 0.4) is 0 Å². The average molecular weight is 339 g/mol. The maximum Gasteiger partial charge on any atom is 0.252 e. The van der Waals surface area contributed by atoms with Crippen molar-refractivity contribution in [3.63, 3.8) is 0 Å². The summed E-state index contributed by atoms with van der Waals surface area (Å²) in [5, 5.41) is 0. The number of imidazole rings is 1. The van der Waals surface area contributed by atoms with Gasteiger partial charge in [-0.15, -0.1) is 11.3 Å². The first-order valence-corrected chi connectivity index (χ1v) is 9.82. The van der Waals surface area contributed by atoms with Crippen LogP contribution in [0.25, 0.3) is 0 Å². The van der Waals surface area contributed by atoms with E-state index in [1.165, 1.54) is 11.3 Å². The molecule has 0 fully saturated rings. The van der Waals surface area contributed by atoms with Crippen molar-refractivity contribution in [2.75, 3.05) is 6.54 Å². The Morgan fingerprint density at radius 3 is 2.77 bits per heavy atom. The van der Waals surface area contributed by atoms with Crippen molar-refractivity contribution in [1.82, 2.24) is 13.9 Å². The largest absolute Gasteiger partial charge is 0.331 e. The maximum absolute atomic E-state index is 12.8. The Bertz CT molecular complexity index is 775. The minimum absolute atomic E-state index is 0.285. The Morgan fingerprint density at radius 1 is 1.36 bits per heavy atom. The summed E-state index contributed by atoms with van der Waals surface area (Å²) in [6, 6.07) is 3.92. The van der Waals surface area contributed by atoms with E-state index in [0.29, 0.717) is 23.7 Å². The van der Waals surface area contributed by atoms with Gasteiger partial charge in [0.1, 0.15) is 4.21 Å². The van der Waals surface area contributed by atoms with Crippen molar-refractivity contribution in [2.45, 2.75) is 50.4 Å². The normalized spacial score (nSPS) is 16.2. The second kappa shape index (κ2) is 5.79. The summed E-state index contributed by atoms with van der Waals surface area (Å²) < 4.78 is 29.8. The van der Waals surface area contributed by atoms with E-state index in [1.807, 2.05) is 19.3 Å². The molecule has 0 atom stereocenters. The fourth-order valence-corrected chi connectivity index (χ4v) is 5.60. The molecular formula is C15H21N3O2S2. The molecule has 0 unspecified atom stereocenters. The third-order valence-corrected chi connectivity index (χ3v) is 7.58. The van der Waals surface area contributed by atoms with Crippen LogP contribution in [0.2, 0.25) is 0 Å². The fraction of sp³-hybridized carbons (Fsp3) is 0.533. The van der Waals surface area contributed by atoms with E-state index in [9.17, 15) is 8.42 Å². The lowest BCUT2D eigenvalue weighted by Crippen LogP contribution is -2.36. The van der Waals surface area contributed by atoms with Gasteiger partial charge in [0, 0.05) is 23.9 Å². The molecule has 1 aliphatic rings. The minimum Gasteiger partial charge on any atom is -0.331 e. The van der Waals surface area contributed by atoms with Crippen molar-refractivity contribution in [3.8, 4) is 0 Å². The molecular weight excluding hydrogens is 318 g/mol. The van der Waals surface area contributed by atoms with E-state index in [-0.39, 0.29) is 6.04 Å². The lowest BCUT2D eigenvalue weighted by molar-refractivity contribution is 0.373. The maximum atomic E-state index is 12.8. The molecule has 0 radical (unpaired) electrons. The number of rotatable bonds is 4. The average Bonchev–Trinajstić information content (AvgIpc) is 3.13.